The van der Waals surface area contributed by atoms with Crippen LogP contribution in [0.15, 0.2) is 37.4 Å². The molecule has 68 valence electrons. The Morgan fingerprint density at radius 1 is 1.42 bits per heavy atom. The summed E-state index contributed by atoms with van der Waals surface area (Å²) in [5, 5.41) is 0. The predicted octanol–water partition coefficient (Wildman–Crippen LogP) is 3.53. The molecule has 0 fully saturated rings. The Labute approximate surface area is 74.1 Å². The molecule has 0 aliphatic carbocycles. The minimum Gasteiger partial charge on any atom is -0.320 e. The molecule has 0 aliphatic rings. The zero-order valence-corrected chi connectivity index (χ0v) is 8.30. The fraction of sp³-hybridized carbons (Fsp3) is 0.333. The number of hydrogen-bond acceptors (Lipinski definition) is 2. The van der Waals surface area contributed by atoms with Gasteiger partial charge < -0.3 is 4.52 Å². The highest BCUT2D eigenvalue weighted by atomic mass is 31.2. The Kier molecular flexibility index (Phi) is 4.87. The Morgan fingerprint density at radius 3 is 2.25 bits per heavy atom. The molecule has 0 N–H and O–H groups in total. The number of hydrogen-bond donors (Lipinski definition) is 0. The van der Waals surface area contributed by atoms with Crippen molar-refractivity contribution in [2.45, 2.75) is 19.4 Å². The first kappa shape index (κ1) is 11.4. The lowest BCUT2D eigenvalue weighted by atomic mass is 10.3. The lowest BCUT2D eigenvalue weighted by Crippen LogP contribution is -2.02. The van der Waals surface area contributed by atoms with Crippen molar-refractivity contribution in [3.8, 4) is 0 Å². The number of rotatable bonds is 6. The molecule has 0 aromatic rings. The molecule has 0 amide bonds. The van der Waals surface area contributed by atoms with E-state index >= 15 is 0 Å². The summed E-state index contributed by atoms with van der Waals surface area (Å²) in [6, 6.07) is 0. The van der Waals surface area contributed by atoms with Crippen LogP contribution in [0.5, 0.6) is 0 Å². The van der Waals surface area contributed by atoms with E-state index in [1.54, 1.807) is 6.08 Å². The summed E-state index contributed by atoms with van der Waals surface area (Å²) in [4.78, 5) is 0. The molecule has 0 saturated carbocycles. The second-order valence-electron chi connectivity index (χ2n) is 2.45. The summed E-state index contributed by atoms with van der Waals surface area (Å²) in [6.07, 6.45) is 2.29. The molecular formula is C9H15O2P. The van der Waals surface area contributed by atoms with Gasteiger partial charge in [0.1, 0.15) is 0 Å². The van der Waals surface area contributed by atoms with Crippen LogP contribution in [0.25, 0.3) is 0 Å². The molecule has 0 aromatic carbocycles. The average Bonchev–Trinajstić information content (AvgIpc) is 2.05. The van der Waals surface area contributed by atoms with Crippen molar-refractivity contribution in [3.63, 3.8) is 0 Å². The van der Waals surface area contributed by atoms with Crippen molar-refractivity contribution in [1.29, 1.82) is 0 Å². The lowest BCUT2D eigenvalue weighted by Gasteiger charge is -2.15. The lowest BCUT2D eigenvalue weighted by molar-refractivity contribution is 0.236. The van der Waals surface area contributed by atoms with Crippen molar-refractivity contribution in [1.82, 2.24) is 0 Å². The van der Waals surface area contributed by atoms with Gasteiger partial charge in [0.2, 0.25) is 7.37 Å². The van der Waals surface area contributed by atoms with Gasteiger partial charge in [-0.05, 0) is 25.0 Å². The molecule has 0 rings (SSSR count). The molecule has 0 aliphatic heterocycles. The molecule has 0 heterocycles. The summed E-state index contributed by atoms with van der Waals surface area (Å²) >= 11 is 0. The van der Waals surface area contributed by atoms with E-state index in [0.29, 0.717) is 6.42 Å². The van der Waals surface area contributed by atoms with Gasteiger partial charge in [-0.3, -0.25) is 4.57 Å². The molecule has 1 atom stereocenters. The smallest absolute Gasteiger partial charge is 0.246 e. The van der Waals surface area contributed by atoms with Gasteiger partial charge in [-0.15, -0.1) is 6.58 Å². The first-order valence-electron chi connectivity index (χ1n) is 3.74. The molecule has 1 unspecified atom stereocenters. The Balaban J connectivity index is 4.20. The second-order valence-corrected chi connectivity index (χ2v) is 4.68. The van der Waals surface area contributed by atoms with Gasteiger partial charge >= 0.3 is 0 Å². The van der Waals surface area contributed by atoms with Crippen molar-refractivity contribution in [2.75, 3.05) is 0 Å². The summed E-state index contributed by atoms with van der Waals surface area (Å²) in [7, 11) is -2.79. The minimum absolute atomic E-state index is 0.107. The van der Waals surface area contributed by atoms with Gasteiger partial charge in [0.25, 0.3) is 0 Å². The van der Waals surface area contributed by atoms with E-state index in [9.17, 15) is 4.57 Å². The Morgan fingerprint density at radius 2 is 1.92 bits per heavy atom. The maximum atomic E-state index is 11.5. The molecule has 0 radical (unpaired) electrons. The van der Waals surface area contributed by atoms with Gasteiger partial charge in [-0.2, -0.15) is 0 Å². The van der Waals surface area contributed by atoms with E-state index in [-0.39, 0.29) is 6.10 Å². The zero-order valence-electron chi connectivity index (χ0n) is 7.40. The fourth-order valence-corrected chi connectivity index (χ4v) is 1.69. The van der Waals surface area contributed by atoms with Crippen LogP contribution in [0.3, 0.4) is 0 Å². The SMILES string of the molecule is C=CCC(C)OP(=O)(C=C)C=C. The van der Waals surface area contributed by atoms with Crippen LogP contribution in [0.2, 0.25) is 0 Å². The van der Waals surface area contributed by atoms with E-state index < -0.39 is 7.37 Å². The summed E-state index contributed by atoms with van der Waals surface area (Å²) in [5.74, 6) is 2.61. The Hall–Kier alpha value is -0.590. The summed E-state index contributed by atoms with van der Waals surface area (Å²) in [5.41, 5.74) is 0. The van der Waals surface area contributed by atoms with Gasteiger partial charge in [-0.1, -0.05) is 19.2 Å². The first-order chi connectivity index (χ1) is 5.58. The third kappa shape index (κ3) is 3.70. The maximum absolute atomic E-state index is 11.5. The topological polar surface area (TPSA) is 26.3 Å². The van der Waals surface area contributed by atoms with Crippen molar-refractivity contribution in [3.05, 3.63) is 37.4 Å². The standard InChI is InChI=1S/C9H15O2P/c1-5-8-9(4)11-12(10,6-2)7-3/h5-7,9H,1-3,8H2,4H3. The molecule has 2 nitrogen and oxygen atoms in total. The first-order valence-corrected chi connectivity index (χ1v) is 5.50. The van der Waals surface area contributed by atoms with Gasteiger partial charge in [-0.25, -0.2) is 0 Å². The van der Waals surface area contributed by atoms with Crippen LogP contribution in [-0.4, -0.2) is 6.10 Å². The Bertz CT molecular complexity index is 209. The molecule has 0 saturated heterocycles. The van der Waals surface area contributed by atoms with Gasteiger partial charge in [0, 0.05) is 0 Å². The van der Waals surface area contributed by atoms with Crippen LogP contribution >= 0.6 is 7.37 Å². The average molecular weight is 186 g/mol. The van der Waals surface area contributed by atoms with E-state index in [0.717, 1.165) is 0 Å². The minimum atomic E-state index is -2.79. The van der Waals surface area contributed by atoms with Crippen LogP contribution in [0.1, 0.15) is 13.3 Å². The molecular weight excluding hydrogens is 171 g/mol. The van der Waals surface area contributed by atoms with Crippen molar-refractivity contribution >= 4 is 7.37 Å². The predicted molar refractivity (Wildman–Crippen MR) is 53.4 cm³/mol. The van der Waals surface area contributed by atoms with E-state index in [1.807, 2.05) is 6.92 Å². The van der Waals surface area contributed by atoms with Crippen LogP contribution in [0.4, 0.5) is 0 Å². The van der Waals surface area contributed by atoms with E-state index in [1.165, 1.54) is 11.6 Å². The maximum Gasteiger partial charge on any atom is 0.246 e. The van der Waals surface area contributed by atoms with E-state index in [2.05, 4.69) is 19.7 Å². The highest BCUT2D eigenvalue weighted by Crippen LogP contribution is 2.50. The molecule has 0 spiro atoms. The van der Waals surface area contributed by atoms with E-state index in [4.69, 9.17) is 4.52 Å². The fourth-order valence-electron chi connectivity index (χ4n) is 0.720. The van der Waals surface area contributed by atoms with Crippen LogP contribution in [0, 0.1) is 0 Å². The summed E-state index contributed by atoms with van der Waals surface area (Å²) in [6.45, 7) is 12.3. The van der Waals surface area contributed by atoms with Crippen LogP contribution in [-0.2, 0) is 9.09 Å². The van der Waals surface area contributed by atoms with Crippen molar-refractivity contribution in [2.24, 2.45) is 0 Å². The largest absolute Gasteiger partial charge is 0.320 e. The third-order valence-electron chi connectivity index (χ3n) is 1.35. The van der Waals surface area contributed by atoms with Gasteiger partial charge in [0.15, 0.2) is 0 Å². The van der Waals surface area contributed by atoms with Crippen LogP contribution < -0.4 is 0 Å². The molecule has 0 bridgehead atoms. The zero-order chi connectivity index (χ0) is 9.61. The summed E-state index contributed by atoms with van der Waals surface area (Å²) < 4.78 is 16.8. The quantitative estimate of drug-likeness (QED) is 0.468. The molecule has 12 heavy (non-hydrogen) atoms. The third-order valence-corrected chi connectivity index (χ3v) is 3.06. The highest BCUT2D eigenvalue weighted by molar-refractivity contribution is 7.65. The highest BCUT2D eigenvalue weighted by Gasteiger charge is 2.16. The normalized spacial score (nSPS) is 13.4. The van der Waals surface area contributed by atoms with Crippen molar-refractivity contribution < 1.29 is 9.09 Å². The van der Waals surface area contributed by atoms with Gasteiger partial charge in [0.05, 0.1) is 6.10 Å². The second kappa shape index (κ2) is 5.13. The molecule has 3 heteroatoms. The monoisotopic (exact) mass is 186 g/mol. The molecule has 0 aromatic heterocycles.